The van der Waals surface area contributed by atoms with Crippen molar-refractivity contribution in [1.29, 1.82) is 0 Å². The van der Waals surface area contributed by atoms with E-state index in [1.54, 1.807) is 24.3 Å². The second-order valence-corrected chi connectivity index (χ2v) is 4.98. The number of rotatable bonds is 3. The molecule has 0 unspecified atom stereocenters. The lowest BCUT2D eigenvalue weighted by atomic mass is 10.1. The third-order valence-electron chi connectivity index (χ3n) is 2.71. The predicted molar refractivity (Wildman–Crippen MR) is 75.2 cm³/mol. The zero-order valence-corrected chi connectivity index (χ0v) is 11.7. The van der Waals surface area contributed by atoms with E-state index in [0.29, 0.717) is 5.02 Å². The van der Waals surface area contributed by atoms with Gasteiger partial charge < -0.3 is 5.32 Å². The van der Waals surface area contributed by atoms with Crippen LogP contribution in [0.5, 0.6) is 0 Å². The number of hydrogen-bond donors (Lipinski definition) is 1. The van der Waals surface area contributed by atoms with Gasteiger partial charge in [-0.25, -0.2) is 0 Å². The molecule has 0 aliphatic rings. The van der Waals surface area contributed by atoms with Gasteiger partial charge in [0.25, 0.3) is 0 Å². The van der Waals surface area contributed by atoms with Gasteiger partial charge in [0, 0.05) is 22.3 Å². The van der Waals surface area contributed by atoms with Gasteiger partial charge in [0.2, 0.25) is 0 Å². The van der Waals surface area contributed by atoms with E-state index in [2.05, 4.69) is 5.32 Å². The Bertz CT molecular complexity index is 612. The van der Waals surface area contributed by atoms with Gasteiger partial charge in [-0.3, -0.25) is 0 Å². The van der Waals surface area contributed by atoms with Gasteiger partial charge in [0.1, 0.15) is 0 Å². The number of anilines is 1. The Kier molecular flexibility index (Phi) is 4.45. The average molecular weight is 320 g/mol. The van der Waals surface area contributed by atoms with Gasteiger partial charge in [-0.1, -0.05) is 41.4 Å². The minimum atomic E-state index is -4.46. The summed E-state index contributed by atoms with van der Waals surface area (Å²) in [4.78, 5) is 0. The van der Waals surface area contributed by atoms with Gasteiger partial charge in [-0.2, -0.15) is 13.2 Å². The molecule has 1 N–H and O–H groups in total. The van der Waals surface area contributed by atoms with Crippen LogP contribution in [0.25, 0.3) is 0 Å². The fourth-order valence-corrected chi connectivity index (χ4v) is 2.11. The van der Waals surface area contributed by atoms with Crippen molar-refractivity contribution in [2.75, 3.05) is 5.32 Å². The van der Waals surface area contributed by atoms with Crippen LogP contribution in [-0.4, -0.2) is 0 Å². The van der Waals surface area contributed by atoms with Crippen LogP contribution in [-0.2, 0) is 12.7 Å². The zero-order chi connectivity index (χ0) is 14.8. The molecule has 0 fully saturated rings. The Morgan fingerprint density at radius 2 is 1.70 bits per heavy atom. The summed E-state index contributed by atoms with van der Waals surface area (Å²) in [7, 11) is 0. The van der Waals surface area contributed by atoms with Crippen molar-refractivity contribution in [2.45, 2.75) is 12.7 Å². The van der Waals surface area contributed by atoms with Gasteiger partial charge in [0.05, 0.1) is 5.56 Å². The largest absolute Gasteiger partial charge is 0.418 e. The van der Waals surface area contributed by atoms with Crippen LogP contribution in [0, 0.1) is 0 Å². The van der Waals surface area contributed by atoms with Gasteiger partial charge in [-0.15, -0.1) is 0 Å². The first-order chi connectivity index (χ1) is 9.38. The van der Waals surface area contributed by atoms with E-state index in [4.69, 9.17) is 23.2 Å². The predicted octanol–water partition coefficient (Wildman–Crippen LogP) is 5.62. The minimum Gasteiger partial charge on any atom is -0.380 e. The molecular formula is C14H10Cl2F3N. The first-order valence-corrected chi connectivity index (χ1v) is 6.47. The standard InChI is InChI=1S/C14H10Cl2F3N/c15-10-5-6-13(11(7-10)14(17,18)19)20-8-9-3-1-2-4-12(9)16/h1-7,20H,8H2. The quantitative estimate of drug-likeness (QED) is 0.773. The highest BCUT2D eigenvalue weighted by Crippen LogP contribution is 2.36. The highest BCUT2D eigenvalue weighted by molar-refractivity contribution is 6.31. The molecule has 0 saturated heterocycles. The minimum absolute atomic E-state index is 0.0261. The maximum Gasteiger partial charge on any atom is 0.418 e. The molecule has 2 aromatic carbocycles. The molecule has 0 aliphatic heterocycles. The molecule has 0 radical (unpaired) electrons. The summed E-state index contributed by atoms with van der Waals surface area (Å²) in [5.41, 5.74) is -0.101. The van der Waals surface area contributed by atoms with Crippen molar-refractivity contribution in [3.8, 4) is 0 Å². The Labute approximate surface area is 124 Å². The Balaban J connectivity index is 2.24. The third kappa shape index (κ3) is 3.58. The van der Waals surface area contributed by atoms with E-state index in [9.17, 15) is 13.2 Å². The van der Waals surface area contributed by atoms with Crippen LogP contribution in [0.4, 0.5) is 18.9 Å². The third-order valence-corrected chi connectivity index (χ3v) is 3.32. The van der Waals surface area contributed by atoms with Gasteiger partial charge in [0.15, 0.2) is 0 Å². The summed E-state index contributed by atoms with van der Waals surface area (Å²) in [6.07, 6.45) is -4.46. The lowest BCUT2D eigenvalue weighted by Crippen LogP contribution is -2.11. The second-order valence-electron chi connectivity index (χ2n) is 4.13. The molecule has 0 amide bonds. The molecule has 106 valence electrons. The van der Waals surface area contributed by atoms with Crippen molar-refractivity contribution in [3.05, 3.63) is 63.6 Å². The Hall–Kier alpha value is -1.39. The maximum absolute atomic E-state index is 12.9. The molecule has 2 aromatic rings. The van der Waals surface area contributed by atoms with Crippen LogP contribution in [0.15, 0.2) is 42.5 Å². The molecule has 0 saturated carbocycles. The Morgan fingerprint density at radius 1 is 1.00 bits per heavy atom. The normalized spacial score (nSPS) is 11.4. The van der Waals surface area contributed by atoms with Gasteiger partial charge in [-0.05, 0) is 29.8 Å². The molecule has 2 rings (SSSR count). The number of alkyl halides is 3. The van der Waals surface area contributed by atoms with Crippen LogP contribution in [0.3, 0.4) is 0 Å². The summed E-state index contributed by atoms with van der Waals surface area (Å²) >= 11 is 11.6. The number of halogens is 5. The smallest absolute Gasteiger partial charge is 0.380 e. The number of nitrogens with one attached hydrogen (secondary N) is 1. The monoisotopic (exact) mass is 319 g/mol. The second kappa shape index (κ2) is 5.94. The van der Waals surface area contributed by atoms with Crippen molar-refractivity contribution >= 4 is 28.9 Å². The first kappa shape index (κ1) is 15.0. The lowest BCUT2D eigenvalue weighted by molar-refractivity contribution is -0.136. The maximum atomic E-state index is 12.9. The molecule has 0 heterocycles. The highest BCUT2D eigenvalue weighted by atomic mass is 35.5. The van der Waals surface area contributed by atoms with E-state index in [1.807, 2.05) is 0 Å². The summed E-state index contributed by atoms with van der Waals surface area (Å²) in [5, 5.41) is 3.29. The van der Waals surface area contributed by atoms with E-state index in [-0.39, 0.29) is 17.3 Å². The van der Waals surface area contributed by atoms with Crippen LogP contribution in [0.2, 0.25) is 10.0 Å². The molecule has 0 aromatic heterocycles. The molecule has 0 bridgehead atoms. The van der Waals surface area contributed by atoms with E-state index in [0.717, 1.165) is 11.6 Å². The molecule has 6 heteroatoms. The van der Waals surface area contributed by atoms with E-state index >= 15 is 0 Å². The van der Waals surface area contributed by atoms with Crippen molar-refractivity contribution in [3.63, 3.8) is 0 Å². The molecule has 20 heavy (non-hydrogen) atoms. The molecule has 0 atom stereocenters. The SMILES string of the molecule is FC(F)(F)c1cc(Cl)ccc1NCc1ccccc1Cl. The van der Waals surface area contributed by atoms with Crippen molar-refractivity contribution in [1.82, 2.24) is 0 Å². The molecule has 0 aliphatic carbocycles. The topological polar surface area (TPSA) is 12.0 Å². The summed E-state index contributed by atoms with van der Waals surface area (Å²) in [6.45, 7) is 0.199. The van der Waals surface area contributed by atoms with Crippen LogP contribution >= 0.6 is 23.2 Å². The highest BCUT2D eigenvalue weighted by Gasteiger charge is 2.33. The Morgan fingerprint density at radius 3 is 2.35 bits per heavy atom. The number of benzene rings is 2. The number of hydrogen-bond acceptors (Lipinski definition) is 1. The van der Waals surface area contributed by atoms with E-state index < -0.39 is 11.7 Å². The molecular weight excluding hydrogens is 310 g/mol. The van der Waals surface area contributed by atoms with Crippen LogP contribution < -0.4 is 5.32 Å². The fourth-order valence-electron chi connectivity index (χ4n) is 1.74. The van der Waals surface area contributed by atoms with Gasteiger partial charge >= 0.3 is 6.18 Å². The zero-order valence-electron chi connectivity index (χ0n) is 10.1. The van der Waals surface area contributed by atoms with Crippen molar-refractivity contribution < 1.29 is 13.2 Å². The fraction of sp³-hybridized carbons (Fsp3) is 0.143. The molecule has 1 nitrogen and oxygen atoms in total. The van der Waals surface area contributed by atoms with Crippen LogP contribution in [0.1, 0.15) is 11.1 Å². The summed E-state index contributed by atoms with van der Waals surface area (Å²) in [5.74, 6) is 0. The van der Waals surface area contributed by atoms with E-state index in [1.165, 1.54) is 12.1 Å². The van der Waals surface area contributed by atoms with Crippen molar-refractivity contribution in [2.24, 2.45) is 0 Å². The molecule has 0 spiro atoms. The first-order valence-electron chi connectivity index (χ1n) is 5.72. The summed E-state index contributed by atoms with van der Waals surface area (Å²) < 4.78 is 38.7. The average Bonchev–Trinajstić information content (AvgIpc) is 2.38. The lowest BCUT2D eigenvalue weighted by Gasteiger charge is -2.15. The summed E-state index contributed by atoms with van der Waals surface area (Å²) in [6, 6.07) is 10.6.